The molecule has 0 saturated carbocycles. The van der Waals surface area contributed by atoms with Crippen LogP contribution in [0.15, 0.2) is 69.1 Å². The van der Waals surface area contributed by atoms with Gasteiger partial charge < -0.3 is 10.1 Å². The third kappa shape index (κ3) is 6.50. The van der Waals surface area contributed by atoms with Crippen LogP contribution < -0.4 is 10.1 Å². The number of amides is 1. The molecule has 3 rings (SSSR count). The van der Waals surface area contributed by atoms with Gasteiger partial charge in [-0.05, 0) is 86.0 Å². The van der Waals surface area contributed by atoms with E-state index in [2.05, 4.69) is 37.2 Å². The van der Waals surface area contributed by atoms with Gasteiger partial charge in [-0.1, -0.05) is 46.9 Å². The zero-order valence-corrected chi connectivity index (χ0v) is 21.6. The molecule has 0 spiro atoms. The van der Waals surface area contributed by atoms with E-state index >= 15 is 0 Å². The number of hydrogen-bond acceptors (Lipinski definition) is 3. The number of halogens is 5. The second-order valence-electron chi connectivity index (χ2n) is 6.47. The van der Waals surface area contributed by atoms with Crippen molar-refractivity contribution < 1.29 is 9.53 Å². The van der Waals surface area contributed by atoms with Crippen LogP contribution >= 0.6 is 66.7 Å². The number of ether oxygens (including phenoxy) is 1. The Balaban J connectivity index is 1.78. The maximum atomic E-state index is 12.5. The molecular formula is C23H13Br2Cl3N2O2. The molecule has 0 aliphatic heterocycles. The van der Waals surface area contributed by atoms with Gasteiger partial charge in [-0.15, -0.1) is 0 Å². The number of carbonyl (C=O) groups excluding carboxylic acids is 1. The Hall–Kier alpha value is -2.01. The zero-order valence-electron chi connectivity index (χ0n) is 16.1. The molecule has 32 heavy (non-hydrogen) atoms. The first-order valence-electron chi connectivity index (χ1n) is 9.01. The van der Waals surface area contributed by atoms with Gasteiger partial charge in [0, 0.05) is 26.3 Å². The van der Waals surface area contributed by atoms with E-state index in [-0.39, 0.29) is 12.2 Å². The van der Waals surface area contributed by atoms with E-state index in [1.54, 1.807) is 54.6 Å². The summed E-state index contributed by atoms with van der Waals surface area (Å²) in [4.78, 5) is 12.5. The lowest BCUT2D eigenvalue weighted by Gasteiger charge is -2.12. The Morgan fingerprint density at radius 1 is 1.03 bits per heavy atom. The summed E-state index contributed by atoms with van der Waals surface area (Å²) in [5.74, 6) is 0.00905. The Morgan fingerprint density at radius 2 is 1.72 bits per heavy atom. The summed E-state index contributed by atoms with van der Waals surface area (Å²) in [5, 5.41) is 13.7. The van der Waals surface area contributed by atoms with Crippen molar-refractivity contribution in [2.24, 2.45) is 0 Å². The molecule has 0 fully saturated rings. The summed E-state index contributed by atoms with van der Waals surface area (Å²) >= 11 is 25.0. The van der Waals surface area contributed by atoms with Crippen LogP contribution in [0, 0.1) is 11.3 Å². The lowest BCUT2D eigenvalue weighted by atomic mass is 10.1. The summed E-state index contributed by atoms with van der Waals surface area (Å²) < 4.78 is 7.17. The molecule has 0 saturated heterocycles. The van der Waals surface area contributed by atoms with E-state index in [4.69, 9.17) is 39.5 Å². The van der Waals surface area contributed by atoms with Gasteiger partial charge in [0.05, 0.1) is 8.95 Å². The van der Waals surface area contributed by atoms with Gasteiger partial charge in [0.15, 0.2) is 0 Å². The first-order valence-corrected chi connectivity index (χ1v) is 11.7. The van der Waals surface area contributed by atoms with Crippen molar-refractivity contribution in [1.82, 2.24) is 0 Å². The summed E-state index contributed by atoms with van der Waals surface area (Å²) in [6, 6.07) is 17.3. The average molecular weight is 616 g/mol. The first-order chi connectivity index (χ1) is 15.3. The van der Waals surface area contributed by atoms with Crippen molar-refractivity contribution in [1.29, 1.82) is 5.26 Å². The molecular weight excluding hydrogens is 602 g/mol. The van der Waals surface area contributed by atoms with Gasteiger partial charge in [-0.25, -0.2) is 0 Å². The fourth-order valence-corrected chi connectivity index (χ4v) is 4.77. The number of carbonyl (C=O) groups is 1. The number of rotatable bonds is 6. The predicted octanol–water partition coefficient (Wildman–Crippen LogP) is 8.30. The van der Waals surface area contributed by atoms with Crippen molar-refractivity contribution in [2.45, 2.75) is 6.61 Å². The van der Waals surface area contributed by atoms with Crippen molar-refractivity contribution in [3.8, 4) is 11.8 Å². The highest BCUT2D eigenvalue weighted by Gasteiger charge is 2.13. The van der Waals surface area contributed by atoms with Crippen LogP contribution in [0.5, 0.6) is 5.75 Å². The minimum absolute atomic E-state index is 0.0645. The molecule has 1 N–H and O–H groups in total. The number of nitrogens with zero attached hydrogens (tertiary/aromatic N) is 1. The van der Waals surface area contributed by atoms with Crippen LogP contribution in [0.1, 0.15) is 11.1 Å². The van der Waals surface area contributed by atoms with Gasteiger partial charge in [0.2, 0.25) is 0 Å². The van der Waals surface area contributed by atoms with Crippen molar-refractivity contribution in [3.63, 3.8) is 0 Å². The molecule has 0 radical (unpaired) electrons. The van der Waals surface area contributed by atoms with Crippen molar-refractivity contribution in [2.75, 3.05) is 5.32 Å². The molecule has 0 aliphatic rings. The predicted molar refractivity (Wildman–Crippen MR) is 136 cm³/mol. The number of hydrogen-bond donors (Lipinski definition) is 1. The summed E-state index contributed by atoms with van der Waals surface area (Å²) in [6.45, 7) is 0.230. The van der Waals surface area contributed by atoms with Gasteiger partial charge in [-0.2, -0.15) is 5.26 Å². The number of nitrogens with one attached hydrogen (secondary N) is 1. The second kappa shape index (κ2) is 11.2. The van der Waals surface area contributed by atoms with Crippen LogP contribution in [-0.2, 0) is 11.4 Å². The van der Waals surface area contributed by atoms with Crippen LogP contribution in [0.2, 0.25) is 15.1 Å². The van der Waals surface area contributed by atoms with E-state index in [9.17, 15) is 10.1 Å². The normalized spacial score (nSPS) is 11.1. The summed E-state index contributed by atoms with van der Waals surface area (Å²) in [5.41, 5.74) is 1.84. The Kier molecular flexibility index (Phi) is 8.64. The van der Waals surface area contributed by atoms with E-state index in [0.717, 1.165) is 5.56 Å². The largest absolute Gasteiger partial charge is 0.486 e. The lowest BCUT2D eigenvalue weighted by molar-refractivity contribution is -0.112. The number of anilines is 1. The second-order valence-corrected chi connectivity index (χ2v) is 9.46. The smallest absolute Gasteiger partial charge is 0.266 e. The molecule has 0 bridgehead atoms. The SMILES string of the molecule is N#C/C(=C\c1cc(Br)c(OCc2ccc(Cl)cc2Cl)c(Br)c1)C(=O)Nc1cccc(Cl)c1. The topological polar surface area (TPSA) is 62.1 Å². The summed E-state index contributed by atoms with van der Waals surface area (Å²) in [6.07, 6.45) is 1.48. The third-order valence-electron chi connectivity index (χ3n) is 4.17. The number of benzene rings is 3. The third-order valence-corrected chi connectivity index (χ3v) is 6.17. The highest BCUT2D eigenvalue weighted by molar-refractivity contribution is 9.11. The molecule has 9 heteroatoms. The molecule has 3 aromatic carbocycles. The molecule has 3 aromatic rings. The van der Waals surface area contributed by atoms with Crippen LogP contribution in [0.3, 0.4) is 0 Å². The minimum atomic E-state index is -0.542. The molecule has 0 heterocycles. The highest BCUT2D eigenvalue weighted by atomic mass is 79.9. The highest BCUT2D eigenvalue weighted by Crippen LogP contribution is 2.36. The van der Waals surface area contributed by atoms with Gasteiger partial charge in [0.25, 0.3) is 5.91 Å². The van der Waals surface area contributed by atoms with Gasteiger partial charge in [0.1, 0.15) is 24.0 Å². The fraction of sp³-hybridized carbons (Fsp3) is 0.0435. The zero-order chi connectivity index (χ0) is 23.3. The minimum Gasteiger partial charge on any atom is -0.486 e. The maximum Gasteiger partial charge on any atom is 0.266 e. The molecule has 0 aromatic heterocycles. The fourth-order valence-electron chi connectivity index (χ4n) is 2.67. The standard InChI is InChI=1S/C23H13Br2Cl3N2O2/c24-19-7-13(6-15(11-29)23(31)30-18-3-1-2-16(26)9-18)8-20(25)22(19)32-12-14-4-5-17(27)10-21(14)28/h1-10H,12H2,(H,30,31)/b15-6+. The van der Waals surface area contributed by atoms with E-state index in [1.807, 2.05) is 6.07 Å². The van der Waals surface area contributed by atoms with Crippen LogP contribution in [-0.4, -0.2) is 5.91 Å². The van der Waals surface area contributed by atoms with Crippen LogP contribution in [0.25, 0.3) is 6.08 Å². The molecule has 4 nitrogen and oxygen atoms in total. The lowest BCUT2D eigenvalue weighted by Crippen LogP contribution is -2.13. The van der Waals surface area contributed by atoms with E-state index < -0.39 is 5.91 Å². The van der Waals surface area contributed by atoms with Crippen LogP contribution in [0.4, 0.5) is 5.69 Å². The van der Waals surface area contributed by atoms with Crippen molar-refractivity contribution >= 4 is 84.3 Å². The molecule has 0 atom stereocenters. The Bertz CT molecular complexity index is 1230. The Labute approximate surface area is 217 Å². The monoisotopic (exact) mass is 612 g/mol. The van der Waals surface area contributed by atoms with Gasteiger partial charge in [-0.3, -0.25) is 4.79 Å². The summed E-state index contributed by atoms with van der Waals surface area (Å²) in [7, 11) is 0. The number of nitriles is 1. The Morgan fingerprint density at radius 3 is 2.34 bits per heavy atom. The average Bonchev–Trinajstić information content (AvgIpc) is 2.72. The van der Waals surface area contributed by atoms with E-state index in [1.165, 1.54) is 6.08 Å². The first kappa shape index (κ1) is 24.6. The molecule has 1 amide bonds. The van der Waals surface area contributed by atoms with Crippen molar-refractivity contribution in [3.05, 3.63) is 95.3 Å². The van der Waals surface area contributed by atoms with E-state index in [0.29, 0.717) is 41.0 Å². The molecule has 0 unspecified atom stereocenters. The maximum absolute atomic E-state index is 12.5. The quantitative estimate of drug-likeness (QED) is 0.224. The molecule has 162 valence electrons. The van der Waals surface area contributed by atoms with Gasteiger partial charge >= 0.3 is 0 Å². The molecule has 0 aliphatic carbocycles.